The van der Waals surface area contributed by atoms with Gasteiger partial charge in [0.05, 0.1) is 13.7 Å². The second kappa shape index (κ2) is 6.05. The van der Waals surface area contributed by atoms with E-state index in [9.17, 15) is 17.6 Å². The van der Waals surface area contributed by atoms with Crippen molar-refractivity contribution in [3.05, 3.63) is 5.82 Å². The first-order chi connectivity index (χ1) is 8.31. The summed E-state index contributed by atoms with van der Waals surface area (Å²) < 4.78 is 53.0. The van der Waals surface area contributed by atoms with E-state index in [0.29, 0.717) is 5.82 Å². The standard InChI is InChI=1S/C8H13F4N5O/c1-17-15-6(14-16-17)2-5(13)3-18-4-8(11,12)7(9)10/h5,7H,2-4,13H2,1H3. The molecule has 1 rings (SSSR count). The van der Waals surface area contributed by atoms with Gasteiger partial charge in [0.1, 0.15) is 6.61 Å². The van der Waals surface area contributed by atoms with Gasteiger partial charge in [0.25, 0.3) is 0 Å². The van der Waals surface area contributed by atoms with Gasteiger partial charge in [-0.2, -0.15) is 13.6 Å². The van der Waals surface area contributed by atoms with Crippen LogP contribution in [0.3, 0.4) is 0 Å². The van der Waals surface area contributed by atoms with Crippen molar-refractivity contribution in [1.29, 1.82) is 0 Å². The first-order valence-electron chi connectivity index (χ1n) is 5.03. The van der Waals surface area contributed by atoms with Gasteiger partial charge in [-0.3, -0.25) is 0 Å². The maximum Gasteiger partial charge on any atom is 0.330 e. The van der Waals surface area contributed by atoms with Crippen LogP contribution >= 0.6 is 0 Å². The van der Waals surface area contributed by atoms with Gasteiger partial charge < -0.3 is 10.5 Å². The minimum atomic E-state index is -4.16. The van der Waals surface area contributed by atoms with Crippen LogP contribution in [0.25, 0.3) is 0 Å². The van der Waals surface area contributed by atoms with E-state index in [1.165, 1.54) is 4.80 Å². The van der Waals surface area contributed by atoms with E-state index in [0.717, 1.165) is 0 Å². The highest BCUT2D eigenvalue weighted by molar-refractivity contribution is 4.82. The fourth-order valence-electron chi connectivity index (χ4n) is 1.11. The smallest absolute Gasteiger partial charge is 0.330 e. The molecule has 0 aliphatic heterocycles. The summed E-state index contributed by atoms with van der Waals surface area (Å²) in [6.45, 7) is -1.66. The van der Waals surface area contributed by atoms with Crippen molar-refractivity contribution in [2.24, 2.45) is 12.8 Å². The van der Waals surface area contributed by atoms with E-state index < -0.39 is 25.0 Å². The van der Waals surface area contributed by atoms with Gasteiger partial charge in [-0.15, -0.1) is 10.2 Å². The van der Waals surface area contributed by atoms with Crippen molar-refractivity contribution in [2.45, 2.75) is 24.8 Å². The Morgan fingerprint density at radius 2 is 2.11 bits per heavy atom. The van der Waals surface area contributed by atoms with Crippen LogP contribution in [-0.4, -0.2) is 51.8 Å². The number of tetrazole rings is 1. The molecule has 0 amide bonds. The molecule has 0 bridgehead atoms. The number of aryl methyl sites for hydroxylation is 1. The summed E-state index contributed by atoms with van der Waals surface area (Å²) in [7, 11) is 1.56. The molecular weight excluding hydrogens is 258 g/mol. The number of ether oxygens (including phenoxy) is 1. The summed E-state index contributed by atoms with van der Waals surface area (Å²) in [5, 5.41) is 11.0. The minimum Gasteiger partial charge on any atom is -0.373 e. The largest absolute Gasteiger partial charge is 0.373 e. The molecule has 1 aromatic rings. The zero-order valence-electron chi connectivity index (χ0n) is 9.56. The predicted octanol–water partition coefficient (Wildman–Crippen LogP) is -0.00310. The molecule has 0 aliphatic carbocycles. The van der Waals surface area contributed by atoms with Crippen LogP contribution in [0.15, 0.2) is 0 Å². The molecule has 0 aromatic carbocycles. The average Bonchev–Trinajstić information content (AvgIpc) is 2.63. The van der Waals surface area contributed by atoms with Crippen LogP contribution in [0.1, 0.15) is 5.82 Å². The van der Waals surface area contributed by atoms with Crippen LogP contribution in [0.4, 0.5) is 17.6 Å². The number of nitrogens with zero attached hydrogens (tertiary/aromatic N) is 4. The first kappa shape index (κ1) is 14.8. The van der Waals surface area contributed by atoms with E-state index in [1.54, 1.807) is 7.05 Å². The third-order valence-electron chi connectivity index (χ3n) is 1.94. The molecule has 0 saturated carbocycles. The molecule has 1 unspecified atom stereocenters. The molecule has 0 radical (unpaired) electrons. The zero-order chi connectivity index (χ0) is 13.8. The Morgan fingerprint density at radius 3 is 2.61 bits per heavy atom. The molecule has 1 heterocycles. The third-order valence-corrected chi connectivity index (χ3v) is 1.94. The highest BCUT2D eigenvalue weighted by Crippen LogP contribution is 2.22. The van der Waals surface area contributed by atoms with Crippen molar-refractivity contribution in [1.82, 2.24) is 20.2 Å². The predicted molar refractivity (Wildman–Crippen MR) is 52.2 cm³/mol. The van der Waals surface area contributed by atoms with E-state index in [2.05, 4.69) is 20.1 Å². The zero-order valence-corrected chi connectivity index (χ0v) is 9.56. The molecular formula is C8H13F4N5O. The van der Waals surface area contributed by atoms with Crippen LogP contribution in [0.2, 0.25) is 0 Å². The maximum absolute atomic E-state index is 12.5. The molecule has 104 valence electrons. The number of nitrogens with two attached hydrogens (primary N) is 1. The number of aromatic nitrogens is 4. The van der Waals surface area contributed by atoms with Gasteiger partial charge in [0.2, 0.25) is 0 Å². The van der Waals surface area contributed by atoms with Crippen LogP contribution in [-0.2, 0) is 18.2 Å². The number of hydrogen-bond donors (Lipinski definition) is 1. The van der Waals surface area contributed by atoms with Crippen LogP contribution in [0.5, 0.6) is 0 Å². The summed E-state index contributed by atoms with van der Waals surface area (Å²) >= 11 is 0. The van der Waals surface area contributed by atoms with Gasteiger partial charge in [-0.05, 0) is 5.21 Å². The van der Waals surface area contributed by atoms with E-state index >= 15 is 0 Å². The fourth-order valence-corrected chi connectivity index (χ4v) is 1.11. The molecule has 1 atom stereocenters. The average molecular weight is 271 g/mol. The minimum absolute atomic E-state index is 0.161. The van der Waals surface area contributed by atoms with E-state index in [1.807, 2.05) is 0 Å². The quantitative estimate of drug-likeness (QED) is 0.706. The SMILES string of the molecule is Cn1nnc(CC(N)COCC(F)(F)C(F)F)n1. The van der Waals surface area contributed by atoms with Crippen LogP contribution < -0.4 is 5.73 Å². The summed E-state index contributed by atoms with van der Waals surface area (Å²) in [4.78, 5) is 1.22. The van der Waals surface area contributed by atoms with Crippen molar-refractivity contribution in [2.75, 3.05) is 13.2 Å². The van der Waals surface area contributed by atoms with Gasteiger partial charge in [0, 0.05) is 12.5 Å². The van der Waals surface area contributed by atoms with E-state index in [-0.39, 0.29) is 13.0 Å². The molecule has 0 fully saturated rings. The normalized spacial score (nSPS) is 14.2. The van der Waals surface area contributed by atoms with Crippen molar-refractivity contribution in [3.63, 3.8) is 0 Å². The lowest BCUT2D eigenvalue weighted by Gasteiger charge is -2.16. The third kappa shape index (κ3) is 4.53. The Hall–Kier alpha value is -1.29. The Kier molecular flexibility index (Phi) is 4.96. The first-order valence-corrected chi connectivity index (χ1v) is 5.03. The van der Waals surface area contributed by atoms with Gasteiger partial charge in [-0.1, -0.05) is 0 Å². The summed E-state index contributed by atoms with van der Waals surface area (Å²) in [6.07, 6.45) is -3.59. The molecule has 10 heteroatoms. The van der Waals surface area contributed by atoms with Crippen molar-refractivity contribution >= 4 is 0 Å². The molecule has 0 spiro atoms. The molecule has 18 heavy (non-hydrogen) atoms. The van der Waals surface area contributed by atoms with Crippen molar-refractivity contribution in [3.8, 4) is 0 Å². The fraction of sp³-hybridized carbons (Fsp3) is 0.875. The molecule has 0 aliphatic rings. The molecule has 6 nitrogen and oxygen atoms in total. The molecule has 2 N–H and O–H groups in total. The maximum atomic E-state index is 12.5. The second-order valence-corrected chi connectivity index (χ2v) is 3.74. The van der Waals surface area contributed by atoms with Crippen LogP contribution in [0, 0.1) is 0 Å². The van der Waals surface area contributed by atoms with Gasteiger partial charge in [0.15, 0.2) is 5.82 Å². The monoisotopic (exact) mass is 271 g/mol. The highest BCUT2D eigenvalue weighted by atomic mass is 19.3. The number of halogens is 4. The Morgan fingerprint density at radius 1 is 1.44 bits per heavy atom. The van der Waals surface area contributed by atoms with Gasteiger partial charge in [-0.25, -0.2) is 8.78 Å². The van der Waals surface area contributed by atoms with Crippen molar-refractivity contribution < 1.29 is 22.3 Å². The van der Waals surface area contributed by atoms with E-state index in [4.69, 9.17) is 5.73 Å². The summed E-state index contributed by atoms with van der Waals surface area (Å²) in [5.41, 5.74) is 5.55. The number of rotatable bonds is 7. The topological polar surface area (TPSA) is 78.9 Å². The molecule has 0 saturated heterocycles. The second-order valence-electron chi connectivity index (χ2n) is 3.74. The Labute approximate surface area is 100 Å². The lowest BCUT2D eigenvalue weighted by molar-refractivity contribution is -0.166. The summed E-state index contributed by atoms with van der Waals surface area (Å²) in [5.74, 6) is -3.83. The lowest BCUT2D eigenvalue weighted by Crippen LogP contribution is -2.36. The number of hydrogen-bond acceptors (Lipinski definition) is 5. The Balaban J connectivity index is 2.27. The Bertz CT molecular complexity index is 372. The molecule has 1 aromatic heterocycles. The number of alkyl halides is 4. The lowest BCUT2D eigenvalue weighted by atomic mass is 10.2. The van der Waals surface area contributed by atoms with Gasteiger partial charge >= 0.3 is 12.3 Å². The highest BCUT2D eigenvalue weighted by Gasteiger charge is 2.41. The summed E-state index contributed by atoms with van der Waals surface area (Å²) in [6, 6.07) is -0.664.